The molecule has 2 aliphatic rings. The number of sulfone groups is 1. The molecular weight excluding hydrogens is 503 g/mol. The van der Waals surface area contributed by atoms with Crippen molar-refractivity contribution in [1.82, 2.24) is 0 Å². The van der Waals surface area contributed by atoms with Crippen LogP contribution in [0.1, 0.15) is 19.3 Å². The van der Waals surface area contributed by atoms with E-state index in [1.807, 2.05) is 6.07 Å². The van der Waals surface area contributed by atoms with Crippen LogP contribution in [-0.2, 0) is 19.4 Å². The van der Waals surface area contributed by atoms with E-state index in [0.717, 1.165) is 0 Å². The molecule has 34 heavy (non-hydrogen) atoms. The molecule has 2 aliphatic carbocycles. The minimum atomic E-state index is -4.07. The summed E-state index contributed by atoms with van der Waals surface area (Å²) in [6.45, 7) is 0. The minimum absolute atomic E-state index is 0.0143. The number of nitriles is 1. The lowest BCUT2D eigenvalue weighted by Crippen LogP contribution is -2.46. The molecule has 2 aromatic rings. The van der Waals surface area contributed by atoms with Gasteiger partial charge in [0.05, 0.1) is 21.2 Å². The van der Waals surface area contributed by atoms with Gasteiger partial charge in [0.1, 0.15) is 22.7 Å². The first-order valence-corrected chi connectivity index (χ1v) is 12.6. The van der Waals surface area contributed by atoms with Crippen LogP contribution in [-0.4, -0.2) is 36.8 Å². The Morgan fingerprint density at radius 2 is 1.76 bits per heavy atom. The van der Waals surface area contributed by atoms with Gasteiger partial charge in [0, 0.05) is 17.4 Å². The van der Waals surface area contributed by atoms with Gasteiger partial charge in [-0.3, -0.25) is 9.59 Å². The number of hydrogen-bond donors (Lipinski definition) is 2. The van der Waals surface area contributed by atoms with Crippen LogP contribution in [0, 0.1) is 28.1 Å². The third-order valence-electron chi connectivity index (χ3n) is 6.91. The molecule has 2 saturated carbocycles. The minimum Gasteiger partial charge on any atom is -0.489 e. The normalized spacial score (nSPS) is 30.3. The summed E-state index contributed by atoms with van der Waals surface area (Å²) in [6.07, 6.45) is -1.80. The highest BCUT2D eigenvalue weighted by molar-refractivity contribution is 7.92. The van der Waals surface area contributed by atoms with E-state index in [1.165, 1.54) is 30.3 Å². The van der Waals surface area contributed by atoms with Crippen molar-refractivity contribution in [2.75, 3.05) is 0 Å². The van der Waals surface area contributed by atoms with Gasteiger partial charge in [0.15, 0.2) is 9.84 Å². The van der Waals surface area contributed by atoms with Gasteiger partial charge in [-0.05, 0) is 49.2 Å². The van der Waals surface area contributed by atoms with Crippen LogP contribution in [0.3, 0.4) is 0 Å². The molecule has 0 aliphatic heterocycles. The fourth-order valence-corrected chi connectivity index (χ4v) is 7.51. The Balaban J connectivity index is 1.80. The maximum atomic E-state index is 13.5. The molecule has 1 amide bonds. The van der Waals surface area contributed by atoms with Crippen LogP contribution in [0.5, 0.6) is 5.75 Å². The third kappa shape index (κ3) is 3.70. The first-order chi connectivity index (χ1) is 16.0. The Morgan fingerprint density at radius 3 is 2.29 bits per heavy atom. The van der Waals surface area contributed by atoms with E-state index in [2.05, 4.69) is 0 Å². The molecule has 0 bridgehead atoms. The van der Waals surface area contributed by atoms with E-state index < -0.39 is 49.8 Å². The third-order valence-corrected chi connectivity index (χ3v) is 9.81. The van der Waals surface area contributed by atoms with Crippen LogP contribution in [0.25, 0.3) is 0 Å². The Hall–Kier alpha value is -2.80. The molecule has 0 spiro atoms. The first kappa shape index (κ1) is 24.3. The maximum Gasteiger partial charge on any atom is 0.313 e. The fraction of sp³-hybridized carbons (Fsp3) is 0.348. The topological polar surface area (TPSA) is 148 Å². The Morgan fingerprint density at radius 1 is 1.12 bits per heavy atom. The number of carboxylic acids is 1. The molecule has 2 unspecified atom stereocenters. The molecule has 0 radical (unpaired) electrons. The summed E-state index contributed by atoms with van der Waals surface area (Å²) in [4.78, 5) is 24.8. The molecule has 0 heterocycles. The second-order valence-electron chi connectivity index (χ2n) is 8.65. The van der Waals surface area contributed by atoms with Gasteiger partial charge in [0.25, 0.3) is 0 Å². The number of aliphatic carboxylic acids is 1. The van der Waals surface area contributed by atoms with Crippen LogP contribution in [0.4, 0.5) is 0 Å². The summed E-state index contributed by atoms with van der Waals surface area (Å²) < 4.78 is 33.0. The lowest BCUT2D eigenvalue weighted by atomic mass is 9.75. The maximum absolute atomic E-state index is 13.5. The van der Waals surface area contributed by atoms with Crippen molar-refractivity contribution in [3.05, 3.63) is 58.6 Å². The van der Waals surface area contributed by atoms with E-state index in [9.17, 15) is 28.4 Å². The average molecular weight is 523 g/mol. The van der Waals surface area contributed by atoms with Crippen LogP contribution >= 0.6 is 23.2 Å². The van der Waals surface area contributed by atoms with Gasteiger partial charge in [-0.1, -0.05) is 35.3 Å². The zero-order valence-corrected chi connectivity index (χ0v) is 20.0. The summed E-state index contributed by atoms with van der Waals surface area (Å²) >= 11 is 12.1. The van der Waals surface area contributed by atoms with Gasteiger partial charge in [-0.15, -0.1) is 0 Å². The molecular formula is C23H20Cl2N2O6S. The highest BCUT2D eigenvalue weighted by Crippen LogP contribution is 2.66. The SMILES string of the molecule is N#CC1(C(N)=O)CC1[C@]1(C(=O)O)C[C@@H](S(=O)(=O)c2ccccc2Cl)C[C@H]1Oc1ccc(Cl)cc1. The van der Waals surface area contributed by atoms with Gasteiger partial charge >= 0.3 is 5.97 Å². The lowest BCUT2D eigenvalue weighted by molar-refractivity contribution is -0.156. The van der Waals surface area contributed by atoms with Crippen molar-refractivity contribution in [3.63, 3.8) is 0 Å². The zero-order valence-electron chi connectivity index (χ0n) is 17.6. The predicted octanol–water partition coefficient (Wildman–Crippen LogP) is 3.46. The van der Waals surface area contributed by atoms with Gasteiger partial charge in [0.2, 0.25) is 5.91 Å². The summed E-state index contributed by atoms with van der Waals surface area (Å²) in [6, 6.07) is 13.9. The number of hydrogen-bond acceptors (Lipinski definition) is 6. The van der Waals surface area contributed by atoms with Crippen LogP contribution in [0.2, 0.25) is 10.0 Å². The first-order valence-electron chi connectivity index (χ1n) is 10.3. The summed E-state index contributed by atoms with van der Waals surface area (Å²) in [5, 5.41) is 19.3. The van der Waals surface area contributed by atoms with E-state index >= 15 is 0 Å². The number of carbonyl (C=O) groups is 2. The van der Waals surface area contributed by atoms with Crippen molar-refractivity contribution in [2.45, 2.75) is 35.5 Å². The Bertz CT molecular complexity index is 1310. The molecule has 4 rings (SSSR count). The van der Waals surface area contributed by atoms with E-state index in [4.69, 9.17) is 33.7 Å². The zero-order chi connectivity index (χ0) is 24.9. The second-order valence-corrected chi connectivity index (χ2v) is 11.7. The Labute approximate surface area is 206 Å². The monoisotopic (exact) mass is 522 g/mol. The molecule has 5 atom stereocenters. The van der Waals surface area contributed by atoms with Gasteiger partial charge in [-0.25, -0.2) is 8.42 Å². The highest BCUT2D eigenvalue weighted by atomic mass is 35.5. The average Bonchev–Trinajstić information content (AvgIpc) is 3.43. The number of carbonyl (C=O) groups excluding carboxylic acids is 1. The van der Waals surface area contributed by atoms with Crippen molar-refractivity contribution in [3.8, 4) is 11.8 Å². The van der Waals surface area contributed by atoms with Crippen LogP contribution < -0.4 is 10.5 Å². The summed E-state index contributed by atoms with van der Waals surface area (Å²) in [5.74, 6) is -3.03. The lowest BCUT2D eigenvalue weighted by Gasteiger charge is -2.32. The molecule has 8 nitrogen and oxygen atoms in total. The van der Waals surface area contributed by atoms with Crippen molar-refractivity contribution in [2.24, 2.45) is 22.5 Å². The standard InChI is InChI=1S/C23H20Cl2N2O6S/c24-13-5-7-14(8-6-13)33-19-9-15(34(31,32)17-4-2-1-3-16(17)25)10-23(19,21(29)30)18-11-22(18,12-26)20(27)28/h1-8,15,18-19H,9-11H2,(H2,27,28)(H,29,30)/t15-,18?,19+,22?,23+/m0/s1. The molecule has 11 heteroatoms. The number of carboxylic acid groups (broad SMARTS) is 1. The predicted molar refractivity (Wildman–Crippen MR) is 123 cm³/mol. The molecule has 178 valence electrons. The quantitative estimate of drug-likeness (QED) is 0.565. The number of nitrogens with zero attached hydrogens (tertiary/aromatic N) is 1. The molecule has 3 N–H and O–H groups in total. The van der Waals surface area contributed by atoms with E-state index in [0.29, 0.717) is 5.02 Å². The molecule has 0 saturated heterocycles. The number of amides is 1. The number of primary amides is 1. The number of benzene rings is 2. The van der Waals surface area contributed by atoms with Gasteiger partial charge < -0.3 is 15.6 Å². The van der Waals surface area contributed by atoms with Crippen LogP contribution in [0.15, 0.2) is 53.4 Å². The highest BCUT2D eigenvalue weighted by Gasteiger charge is 2.75. The number of rotatable bonds is 7. The second kappa shape index (κ2) is 8.45. The number of nitrogens with two attached hydrogens (primary N) is 1. The molecule has 0 aromatic heterocycles. The largest absolute Gasteiger partial charge is 0.489 e. The fourth-order valence-electron chi connectivity index (χ4n) is 5.04. The molecule has 2 fully saturated rings. The number of halogens is 2. The van der Waals surface area contributed by atoms with Crippen molar-refractivity contribution >= 4 is 44.9 Å². The number of ether oxygens (including phenoxy) is 1. The molecule has 2 aromatic carbocycles. The Kier molecular flexibility index (Phi) is 6.05. The van der Waals surface area contributed by atoms with Crippen molar-refractivity contribution < 1.29 is 27.9 Å². The van der Waals surface area contributed by atoms with E-state index in [-0.39, 0.29) is 34.9 Å². The van der Waals surface area contributed by atoms with Gasteiger partial charge in [-0.2, -0.15) is 5.26 Å². The summed E-state index contributed by atoms with van der Waals surface area (Å²) in [7, 11) is -4.07. The van der Waals surface area contributed by atoms with E-state index in [1.54, 1.807) is 18.2 Å². The summed E-state index contributed by atoms with van der Waals surface area (Å²) in [5.41, 5.74) is 1.91. The smallest absolute Gasteiger partial charge is 0.313 e. The van der Waals surface area contributed by atoms with Crippen molar-refractivity contribution in [1.29, 1.82) is 5.26 Å².